The number of rotatable bonds is 4. The van der Waals surface area contributed by atoms with Crippen molar-refractivity contribution in [1.82, 2.24) is 4.90 Å². The largest absolute Gasteiger partial charge is 0.417 e. The molecule has 1 aliphatic heterocycles. The minimum Gasteiger partial charge on any atom is -0.385 e. The van der Waals surface area contributed by atoms with E-state index in [2.05, 4.69) is 29.2 Å². The quantitative estimate of drug-likeness (QED) is 0.726. The van der Waals surface area contributed by atoms with Crippen molar-refractivity contribution >= 4 is 11.6 Å². The first-order valence-corrected chi connectivity index (χ1v) is 10.0. The van der Waals surface area contributed by atoms with Crippen molar-refractivity contribution in [2.24, 2.45) is 5.92 Å². The Kier molecular flexibility index (Phi) is 5.19. The predicted octanol–water partition coefficient (Wildman–Crippen LogP) is 5.45. The van der Waals surface area contributed by atoms with Crippen LogP contribution >= 0.6 is 11.6 Å². The normalized spacial score (nSPS) is 24.9. The van der Waals surface area contributed by atoms with Crippen LogP contribution in [0.2, 0.25) is 5.02 Å². The van der Waals surface area contributed by atoms with Gasteiger partial charge in [-0.15, -0.1) is 0 Å². The molecule has 0 unspecified atom stereocenters. The topological polar surface area (TPSA) is 23.5 Å². The summed E-state index contributed by atoms with van der Waals surface area (Å²) in [5.74, 6) is 1.23. The van der Waals surface area contributed by atoms with Crippen LogP contribution in [0.1, 0.15) is 41.9 Å². The molecular weight excluding hydrogens is 387 g/mol. The van der Waals surface area contributed by atoms with Crippen LogP contribution in [-0.2, 0) is 11.8 Å². The molecule has 2 aromatic carbocycles. The van der Waals surface area contributed by atoms with E-state index in [9.17, 15) is 18.3 Å². The van der Waals surface area contributed by atoms with Gasteiger partial charge < -0.3 is 10.0 Å². The lowest BCUT2D eigenvalue weighted by molar-refractivity contribution is -0.137. The molecule has 1 saturated carbocycles. The van der Waals surface area contributed by atoms with Gasteiger partial charge in [0.15, 0.2) is 0 Å². The summed E-state index contributed by atoms with van der Waals surface area (Å²) in [7, 11) is 0. The average molecular weight is 410 g/mol. The molecule has 1 heterocycles. The highest BCUT2D eigenvalue weighted by Gasteiger charge is 2.42. The first kappa shape index (κ1) is 19.7. The van der Waals surface area contributed by atoms with Crippen molar-refractivity contribution in [1.29, 1.82) is 0 Å². The van der Waals surface area contributed by atoms with Gasteiger partial charge in [-0.05, 0) is 54.4 Å². The van der Waals surface area contributed by atoms with Crippen molar-refractivity contribution in [3.05, 3.63) is 70.2 Å². The minimum atomic E-state index is -4.53. The van der Waals surface area contributed by atoms with E-state index >= 15 is 0 Å². The summed E-state index contributed by atoms with van der Waals surface area (Å²) in [4.78, 5) is 2.32. The molecule has 1 aliphatic carbocycles. The monoisotopic (exact) mass is 409 g/mol. The fraction of sp³-hybridized carbons (Fsp3) is 0.455. The molecule has 0 radical (unpaired) electrons. The molecule has 0 bridgehead atoms. The molecule has 4 rings (SSSR count). The molecule has 150 valence electrons. The second-order valence-electron chi connectivity index (χ2n) is 8.04. The van der Waals surface area contributed by atoms with Crippen LogP contribution in [0.25, 0.3) is 0 Å². The van der Waals surface area contributed by atoms with E-state index in [1.165, 1.54) is 24.1 Å². The van der Waals surface area contributed by atoms with Crippen molar-refractivity contribution in [2.45, 2.75) is 37.0 Å². The Balaban J connectivity index is 1.37. The van der Waals surface area contributed by atoms with E-state index in [1.807, 2.05) is 6.07 Å². The number of hydrogen-bond acceptors (Lipinski definition) is 2. The van der Waals surface area contributed by atoms with Crippen LogP contribution < -0.4 is 0 Å². The molecule has 1 N–H and O–H groups in total. The zero-order valence-corrected chi connectivity index (χ0v) is 16.2. The zero-order chi connectivity index (χ0) is 19.9. The number of halogens is 4. The summed E-state index contributed by atoms with van der Waals surface area (Å²) in [5, 5.41) is 10.6. The molecule has 6 heteroatoms. The number of alkyl halides is 3. The summed E-state index contributed by atoms with van der Waals surface area (Å²) < 4.78 is 39.4. The molecule has 0 spiro atoms. The second kappa shape index (κ2) is 7.36. The Hall–Kier alpha value is -1.56. The third-order valence-electron chi connectivity index (χ3n) is 6.14. The van der Waals surface area contributed by atoms with Crippen molar-refractivity contribution in [2.75, 3.05) is 19.6 Å². The van der Waals surface area contributed by atoms with Gasteiger partial charge in [-0.3, -0.25) is 0 Å². The minimum absolute atomic E-state index is 0.303. The van der Waals surface area contributed by atoms with Gasteiger partial charge in [-0.25, -0.2) is 0 Å². The zero-order valence-electron chi connectivity index (χ0n) is 15.4. The number of aliphatic hydroxyl groups is 1. The highest BCUT2D eigenvalue weighted by molar-refractivity contribution is 6.31. The van der Waals surface area contributed by atoms with Crippen LogP contribution in [0.5, 0.6) is 0 Å². The first-order valence-electron chi connectivity index (χ1n) is 9.63. The van der Waals surface area contributed by atoms with Gasteiger partial charge >= 0.3 is 6.18 Å². The van der Waals surface area contributed by atoms with E-state index in [-0.39, 0.29) is 5.02 Å². The SMILES string of the molecule is OC1(c2ccc(Cl)c(C(F)(F)F)c2)CCN(C[C@@H]2C[C@@H]2c2ccccc2)CC1. The van der Waals surface area contributed by atoms with Crippen LogP contribution in [-0.4, -0.2) is 29.6 Å². The molecule has 1 saturated heterocycles. The van der Waals surface area contributed by atoms with Crippen LogP contribution in [0.4, 0.5) is 13.2 Å². The van der Waals surface area contributed by atoms with E-state index in [0.717, 1.165) is 12.6 Å². The summed E-state index contributed by atoms with van der Waals surface area (Å²) in [6.45, 7) is 2.33. The molecule has 0 amide bonds. The lowest BCUT2D eigenvalue weighted by Gasteiger charge is -2.39. The second-order valence-corrected chi connectivity index (χ2v) is 8.44. The average Bonchev–Trinajstić information content (AvgIpc) is 3.43. The van der Waals surface area contributed by atoms with Crippen molar-refractivity contribution in [3.63, 3.8) is 0 Å². The van der Waals surface area contributed by atoms with Gasteiger partial charge in [0.25, 0.3) is 0 Å². The van der Waals surface area contributed by atoms with Gasteiger partial charge in [0.05, 0.1) is 16.2 Å². The molecule has 2 atom stereocenters. The highest BCUT2D eigenvalue weighted by Crippen LogP contribution is 2.48. The highest BCUT2D eigenvalue weighted by atomic mass is 35.5. The molecular formula is C22H23ClF3NO. The molecule has 2 fully saturated rings. The summed E-state index contributed by atoms with van der Waals surface area (Å²) in [5.41, 5.74) is -0.436. The maximum Gasteiger partial charge on any atom is 0.417 e. The summed E-state index contributed by atoms with van der Waals surface area (Å²) >= 11 is 5.71. The van der Waals surface area contributed by atoms with E-state index in [0.29, 0.717) is 43.3 Å². The molecule has 0 aromatic heterocycles. The maximum absolute atomic E-state index is 13.1. The van der Waals surface area contributed by atoms with Crippen molar-refractivity contribution < 1.29 is 18.3 Å². The lowest BCUT2D eigenvalue weighted by atomic mass is 9.83. The maximum atomic E-state index is 13.1. The van der Waals surface area contributed by atoms with Gasteiger partial charge in [-0.1, -0.05) is 48.0 Å². The van der Waals surface area contributed by atoms with Crippen LogP contribution in [0.3, 0.4) is 0 Å². The molecule has 28 heavy (non-hydrogen) atoms. The Bertz CT molecular complexity index is 831. The molecule has 2 aliphatic rings. The third-order valence-corrected chi connectivity index (χ3v) is 6.46. The van der Waals surface area contributed by atoms with Crippen LogP contribution in [0.15, 0.2) is 48.5 Å². The van der Waals surface area contributed by atoms with Gasteiger partial charge in [0.2, 0.25) is 0 Å². The Morgan fingerprint density at radius 1 is 1.07 bits per heavy atom. The standard InChI is InChI=1S/C22H23ClF3NO/c23-20-7-6-17(13-19(20)22(24,25)26)21(28)8-10-27(11-9-21)14-16-12-18(16)15-4-2-1-3-5-15/h1-7,13,16,18,28H,8-12,14H2/t16-,18+/m0/s1. The Morgan fingerprint density at radius 2 is 1.75 bits per heavy atom. The van der Waals surface area contributed by atoms with E-state index in [1.54, 1.807) is 0 Å². The smallest absolute Gasteiger partial charge is 0.385 e. The number of benzene rings is 2. The number of piperidine rings is 1. The predicted molar refractivity (Wildman–Crippen MR) is 103 cm³/mol. The van der Waals surface area contributed by atoms with Gasteiger partial charge in [0, 0.05) is 19.6 Å². The third kappa shape index (κ3) is 4.07. The Labute approximate surface area is 167 Å². The molecule has 2 aromatic rings. The fourth-order valence-corrected chi connectivity index (χ4v) is 4.54. The lowest BCUT2D eigenvalue weighted by Crippen LogP contribution is -2.43. The summed E-state index contributed by atoms with van der Waals surface area (Å²) in [6.07, 6.45) is -2.50. The summed E-state index contributed by atoms with van der Waals surface area (Å²) in [6, 6.07) is 14.2. The van der Waals surface area contributed by atoms with Crippen molar-refractivity contribution in [3.8, 4) is 0 Å². The van der Waals surface area contributed by atoms with E-state index in [4.69, 9.17) is 11.6 Å². The molecule has 2 nitrogen and oxygen atoms in total. The number of likely N-dealkylation sites (tertiary alicyclic amines) is 1. The number of nitrogens with zero attached hydrogens (tertiary/aromatic N) is 1. The first-order chi connectivity index (χ1) is 13.3. The van der Waals surface area contributed by atoms with Gasteiger partial charge in [0.1, 0.15) is 0 Å². The van der Waals surface area contributed by atoms with E-state index < -0.39 is 17.3 Å². The Morgan fingerprint density at radius 3 is 2.39 bits per heavy atom. The van der Waals surface area contributed by atoms with Crippen LogP contribution in [0, 0.1) is 5.92 Å². The number of hydrogen-bond donors (Lipinski definition) is 1. The van der Waals surface area contributed by atoms with Gasteiger partial charge in [-0.2, -0.15) is 13.2 Å². The fourth-order valence-electron chi connectivity index (χ4n) is 4.32.